The lowest BCUT2D eigenvalue weighted by atomic mass is 10.0. The van der Waals surface area contributed by atoms with E-state index in [0.717, 1.165) is 16.1 Å². The van der Waals surface area contributed by atoms with Gasteiger partial charge in [-0.2, -0.15) is 0 Å². The van der Waals surface area contributed by atoms with Crippen LogP contribution < -0.4 is 10.6 Å². The van der Waals surface area contributed by atoms with Crippen molar-refractivity contribution in [2.75, 3.05) is 0 Å². The van der Waals surface area contributed by atoms with Gasteiger partial charge in [-0.25, -0.2) is 4.99 Å². The van der Waals surface area contributed by atoms with Gasteiger partial charge in [0.1, 0.15) is 0 Å². The number of hydrogen-bond acceptors (Lipinski definition) is 1. The highest BCUT2D eigenvalue weighted by molar-refractivity contribution is 6.14. The summed E-state index contributed by atoms with van der Waals surface area (Å²) in [5, 5.41) is 1.86. The Morgan fingerprint density at radius 1 is 1.15 bits per heavy atom. The van der Waals surface area contributed by atoms with Crippen molar-refractivity contribution in [3.8, 4) is 0 Å². The van der Waals surface area contributed by atoms with Crippen LogP contribution in [0.2, 0.25) is 0 Å². The van der Waals surface area contributed by atoms with E-state index >= 15 is 0 Å². The maximum absolute atomic E-state index is 11.3. The lowest BCUT2D eigenvalue weighted by Crippen LogP contribution is -2.26. The number of carbonyl (C=O) groups is 1. The summed E-state index contributed by atoms with van der Waals surface area (Å²) in [5.41, 5.74) is 3.16. The van der Waals surface area contributed by atoms with Gasteiger partial charge in [-0.1, -0.05) is 6.07 Å². The van der Waals surface area contributed by atoms with Crippen LogP contribution in [0.3, 0.4) is 0 Å². The first kappa shape index (κ1) is 8.17. The molecule has 66 valence electrons. The van der Waals surface area contributed by atoms with Gasteiger partial charge in [-0.05, 0) is 38.0 Å². The monoisotopic (exact) mass is 173 g/mol. The highest BCUT2D eigenvalue weighted by atomic mass is 16.1. The average molecular weight is 173 g/mol. The van der Waals surface area contributed by atoms with Crippen molar-refractivity contribution in [3.05, 3.63) is 33.8 Å². The second-order valence-corrected chi connectivity index (χ2v) is 3.44. The minimum absolute atomic E-state index is 0.0938. The van der Waals surface area contributed by atoms with Crippen molar-refractivity contribution < 1.29 is 4.79 Å². The number of carbonyl (C=O) groups excluding carboxylic acids is 1. The number of fused-ring (bicyclic) bond motifs is 1. The number of amides is 1. The fraction of sp³-hybridized carbons (Fsp3) is 0.273. The molecule has 2 rings (SSSR count). The Hall–Kier alpha value is -1.44. The number of nitrogens with zero attached hydrogens (tertiary/aromatic N) is 1. The van der Waals surface area contributed by atoms with E-state index in [0.29, 0.717) is 0 Å². The topological polar surface area (TPSA) is 29.4 Å². The molecule has 0 fully saturated rings. The molecular formula is C11H11NO. The van der Waals surface area contributed by atoms with E-state index in [1.165, 1.54) is 11.1 Å². The van der Waals surface area contributed by atoms with Crippen molar-refractivity contribution in [1.82, 2.24) is 0 Å². The third kappa shape index (κ3) is 1.02. The van der Waals surface area contributed by atoms with Crippen LogP contribution in [0.25, 0.3) is 5.57 Å². The molecule has 0 unspecified atom stereocenters. The summed E-state index contributed by atoms with van der Waals surface area (Å²) in [6, 6.07) is 3.91. The van der Waals surface area contributed by atoms with Crippen LogP contribution in [0.4, 0.5) is 0 Å². The van der Waals surface area contributed by atoms with E-state index < -0.39 is 0 Å². The third-order valence-corrected chi connectivity index (χ3v) is 2.63. The van der Waals surface area contributed by atoms with Gasteiger partial charge in [0.2, 0.25) is 0 Å². The molecule has 0 radical (unpaired) electrons. The second-order valence-electron chi connectivity index (χ2n) is 3.44. The lowest BCUT2D eigenvalue weighted by Gasteiger charge is -1.98. The van der Waals surface area contributed by atoms with Crippen molar-refractivity contribution in [1.29, 1.82) is 0 Å². The highest BCUT2D eigenvalue weighted by Crippen LogP contribution is 2.03. The van der Waals surface area contributed by atoms with Crippen molar-refractivity contribution in [2.24, 2.45) is 4.99 Å². The fourth-order valence-corrected chi connectivity index (χ4v) is 1.67. The van der Waals surface area contributed by atoms with E-state index in [-0.39, 0.29) is 5.91 Å². The van der Waals surface area contributed by atoms with Crippen LogP contribution in [0.5, 0.6) is 0 Å². The Labute approximate surface area is 76.6 Å². The average Bonchev–Trinajstić information content (AvgIpc) is 2.37. The second kappa shape index (κ2) is 2.52. The zero-order valence-electron chi connectivity index (χ0n) is 8.01. The quantitative estimate of drug-likeness (QED) is 0.566. The Balaban J connectivity index is 3.04. The van der Waals surface area contributed by atoms with Crippen LogP contribution >= 0.6 is 0 Å². The van der Waals surface area contributed by atoms with Crippen molar-refractivity contribution in [3.63, 3.8) is 0 Å². The summed E-state index contributed by atoms with van der Waals surface area (Å²) >= 11 is 0. The molecule has 0 atom stereocenters. The van der Waals surface area contributed by atoms with Gasteiger partial charge in [0.15, 0.2) is 0 Å². The maximum Gasteiger partial charge on any atom is 0.273 e. The molecule has 0 spiro atoms. The largest absolute Gasteiger partial charge is 0.273 e. The van der Waals surface area contributed by atoms with Gasteiger partial charge in [0, 0.05) is 10.8 Å². The summed E-state index contributed by atoms with van der Waals surface area (Å²) in [6.45, 7) is 5.92. The number of aryl methyl sites for hydroxylation is 1. The molecule has 2 nitrogen and oxygen atoms in total. The molecule has 0 saturated heterocycles. The first-order chi connectivity index (χ1) is 6.11. The summed E-state index contributed by atoms with van der Waals surface area (Å²) in [6.07, 6.45) is 0. The standard InChI is InChI=1S/C11H11NO/c1-6-4-5-9-10(7(6)2)8(3)11(13)12-9/h4-5H,1-3H3. The Morgan fingerprint density at radius 3 is 2.54 bits per heavy atom. The van der Waals surface area contributed by atoms with Crippen molar-refractivity contribution in [2.45, 2.75) is 20.8 Å². The molecule has 1 aliphatic rings. The zero-order valence-corrected chi connectivity index (χ0v) is 8.01. The Bertz CT molecular complexity index is 512. The SMILES string of the molecule is CC1=c2c(C)c(C)ccc2=NC1=O. The Kier molecular flexibility index (Phi) is 1.59. The Morgan fingerprint density at radius 2 is 1.85 bits per heavy atom. The first-order valence-corrected chi connectivity index (χ1v) is 4.31. The summed E-state index contributed by atoms with van der Waals surface area (Å²) in [7, 11) is 0. The van der Waals surface area contributed by atoms with Gasteiger partial charge < -0.3 is 0 Å². The van der Waals surface area contributed by atoms with Crippen LogP contribution in [0.1, 0.15) is 18.1 Å². The smallest absolute Gasteiger partial charge is 0.267 e. The third-order valence-electron chi connectivity index (χ3n) is 2.63. The van der Waals surface area contributed by atoms with E-state index in [1.807, 2.05) is 32.9 Å². The van der Waals surface area contributed by atoms with E-state index in [9.17, 15) is 4.79 Å². The summed E-state index contributed by atoms with van der Waals surface area (Å²) in [5.74, 6) is -0.0938. The van der Waals surface area contributed by atoms with Gasteiger partial charge >= 0.3 is 0 Å². The maximum atomic E-state index is 11.3. The molecular weight excluding hydrogens is 162 g/mol. The molecule has 1 amide bonds. The van der Waals surface area contributed by atoms with Crippen molar-refractivity contribution >= 4 is 11.5 Å². The number of rotatable bonds is 0. The molecule has 1 aromatic carbocycles. The minimum Gasteiger partial charge on any atom is -0.267 e. The summed E-state index contributed by atoms with van der Waals surface area (Å²) in [4.78, 5) is 15.2. The lowest BCUT2D eigenvalue weighted by molar-refractivity contribution is -0.112. The van der Waals surface area contributed by atoms with Gasteiger partial charge in [-0.3, -0.25) is 4.79 Å². The molecule has 1 aromatic rings. The molecule has 2 heteroatoms. The fourth-order valence-electron chi connectivity index (χ4n) is 1.67. The predicted molar refractivity (Wildman–Crippen MR) is 50.8 cm³/mol. The molecule has 1 aliphatic heterocycles. The van der Waals surface area contributed by atoms with Gasteiger partial charge in [0.25, 0.3) is 5.91 Å². The molecule has 0 aromatic heterocycles. The normalized spacial score (nSPS) is 14.4. The number of benzene rings is 1. The van der Waals surface area contributed by atoms with Crippen LogP contribution in [0, 0.1) is 13.8 Å². The molecule has 0 aliphatic carbocycles. The highest BCUT2D eigenvalue weighted by Gasteiger charge is 2.13. The van der Waals surface area contributed by atoms with Crippen LogP contribution in [-0.2, 0) is 4.79 Å². The summed E-state index contributed by atoms with van der Waals surface area (Å²) < 4.78 is 0. The number of hydrogen-bond donors (Lipinski definition) is 0. The molecule has 0 N–H and O–H groups in total. The zero-order chi connectivity index (χ0) is 9.59. The molecule has 0 bridgehead atoms. The minimum atomic E-state index is -0.0938. The van der Waals surface area contributed by atoms with Crippen LogP contribution in [0.15, 0.2) is 17.1 Å². The van der Waals surface area contributed by atoms with E-state index in [4.69, 9.17) is 0 Å². The van der Waals surface area contributed by atoms with Gasteiger partial charge in [0.05, 0.1) is 5.36 Å². The molecule has 13 heavy (non-hydrogen) atoms. The molecule has 1 heterocycles. The van der Waals surface area contributed by atoms with E-state index in [1.54, 1.807) is 0 Å². The molecule has 0 saturated carbocycles. The first-order valence-electron chi connectivity index (χ1n) is 4.31. The van der Waals surface area contributed by atoms with Crippen LogP contribution in [-0.4, -0.2) is 5.91 Å². The van der Waals surface area contributed by atoms with Gasteiger partial charge in [-0.15, -0.1) is 0 Å². The van der Waals surface area contributed by atoms with E-state index in [2.05, 4.69) is 4.99 Å². The predicted octanol–water partition coefficient (Wildman–Crippen LogP) is 0.634.